The van der Waals surface area contributed by atoms with Gasteiger partial charge in [-0.3, -0.25) is 9.13 Å². The first-order chi connectivity index (χ1) is 7.97. The average Bonchev–Trinajstić information content (AvgIpc) is 2.61. The van der Waals surface area contributed by atoms with Crippen LogP contribution in [0.4, 0.5) is 0 Å². The second kappa shape index (κ2) is 5.52. The molecule has 0 unspecified atom stereocenters. The molecule has 0 aromatic carbocycles. The molecule has 5 nitrogen and oxygen atoms in total. The summed E-state index contributed by atoms with van der Waals surface area (Å²) in [6, 6.07) is 0.0969. The SMILES string of the molecule is C=C(Cn1ccn(C(C)C)c1=O)C(=O)OCC. The number of carbonyl (C=O) groups is 1. The highest BCUT2D eigenvalue weighted by molar-refractivity contribution is 5.87. The van der Waals surface area contributed by atoms with Crippen molar-refractivity contribution in [3.63, 3.8) is 0 Å². The van der Waals surface area contributed by atoms with E-state index in [9.17, 15) is 9.59 Å². The number of hydrogen-bond donors (Lipinski definition) is 0. The third-order valence-corrected chi connectivity index (χ3v) is 2.36. The maximum absolute atomic E-state index is 11.9. The Bertz CT molecular complexity index is 468. The van der Waals surface area contributed by atoms with Gasteiger partial charge in [-0.05, 0) is 20.8 Å². The zero-order chi connectivity index (χ0) is 13.0. The van der Waals surface area contributed by atoms with E-state index in [-0.39, 0.29) is 23.8 Å². The fourth-order valence-electron chi connectivity index (χ4n) is 1.44. The molecule has 1 rings (SSSR count). The van der Waals surface area contributed by atoms with E-state index in [1.54, 1.807) is 23.9 Å². The molecule has 1 aromatic heterocycles. The van der Waals surface area contributed by atoms with Crippen molar-refractivity contribution in [2.75, 3.05) is 6.61 Å². The van der Waals surface area contributed by atoms with Crippen molar-refractivity contribution < 1.29 is 9.53 Å². The van der Waals surface area contributed by atoms with Crippen LogP contribution in [-0.2, 0) is 16.1 Å². The molecule has 0 saturated heterocycles. The molecule has 5 heteroatoms. The summed E-state index contributed by atoms with van der Waals surface area (Å²) in [4.78, 5) is 23.2. The molecule has 0 spiro atoms. The minimum absolute atomic E-state index is 0.0969. The smallest absolute Gasteiger partial charge is 0.335 e. The maximum atomic E-state index is 11.9. The van der Waals surface area contributed by atoms with Crippen LogP contribution in [0.15, 0.2) is 29.3 Å². The van der Waals surface area contributed by atoms with Gasteiger partial charge < -0.3 is 4.74 Å². The summed E-state index contributed by atoms with van der Waals surface area (Å²) in [6.45, 7) is 9.66. The van der Waals surface area contributed by atoms with E-state index in [0.717, 1.165) is 0 Å². The monoisotopic (exact) mass is 238 g/mol. The van der Waals surface area contributed by atoms with Crippen LogP contribution in [0.25, 0.3) is 0 Å². The van der Waals surface area contributed by atoms with Gasteiger partial charge in [-0.25, -0.2) is 9.59 Å². The Morgan fingerprint density at radius 3 is 2.59 bits per heavy atom. The van der Waals surface area contributed by atoms with Gasteiger partial charge >= 0.3 is 11.7 Å². The molecule has 0 aliphatic rings. The van der Waals surface area contributed by atoms with E-state index >= 15 is 0 Å². The van der Waals surface area contributed by atoms with Crippen molar-refractivity contribution in [2.24, 2.45) is 0 Å². The molecule has 0 radical (unpaired) electrons. The Labute approximate surface area is 100 Å². The fourth-order valence-corrected chi connectivity index (χ4v) is 1.44. The van der Waals surface area contributed by atoms with Crippen molar-refractivity contribution in [3.05, 3.63) is 35.0 Å². The second-order valence-corrected chi connectivity index (χ2v) is 4.03. The highest BCUT2D eigenvalue weighted by atomic mass is 16.5. The van der Waals surface area contributed by atoms with E-state index in [1.165, 1.54) is 4.57 Å². The first-order valence-electron chi connectivity index (χ1n) is 5.59. The summed E-state index contributed by atoms with van der Waals surface area (Å²) in [5.41, 5.74) is 0.126. The molecule has 17 heavy (non-hydrogen) atoms. The Morgan fingerprint density at radius 2 is 2.12 bits per heavy atom. The predicted molar refractivity (Wildman–Crippen MR) is 64.9 cm³/mol. The standard InChI is InChI=1S/C12H18N2O3/c1-5-17-11(15)10(4)8-13-6-7-14(9(2)3)12(13)16/h6-7,9H,4-5,8H2,1-3H3. The Morgan fingerprint density at radius 1 is 1.47 bits per heavy atom. The van der Waals surface area contributed by atoms with Crippen LogP contribution in [-0.4, -0.2) is 21.7 Å². The van der Waals surface area contributed by atoms with Crippen molar-refractivity contribution in [3.8, 4) is 0 Å². The molecule has 0 amide bonds. The van der Waals surface area contributed by atoms with Gasteiger partial charge in [-0.15, -0.1) is 0 Å². The Kier molecular flexibility index (Phi) is 4.31. The number of rotatable bonds is 5. The number of hydrogen-bond acceptors (Lipinski definition) is 3. The summed E-state index contributed by atoms with van der Waals surface area (Å²) >= 11 is 0. The molecule has 0 aliphatic carbocycles. The summed E-state index contributed by atoms with van der Waals surface area (Å²) in [5.74, 6) is -0.461. The van der Waals surface area contributed by atoms with Crippen LogP contribution in [0, 0.1) is 0 Å². The third kappa shape index (κ3) is 3.09. The van der Waals surface area contributed by atoms with E-state index in [2.05, 4.69) is 6.58 Å². The number of esters is 1. The van der Waals surface area contributed by atoms with Gasteiger partial charge in [0.05, 0.1) is 13.2 Å². The predicted octanol–water partition coefficient (Wildman–Crippen LogP) is 1.35. The van der Waals surface area contributed by atoms with Crippen molar-refractivity contribution in [1.82, 2.24) is 9.13 Å². The van der Waals surface area contributed by atoms with Gasteiger partial charge in [-0.1, -0.05) is 6.58 Å². The summed E-state index contributed by atoms with van der Waals surface area (Å²) in [5, 5.41) is 0. The normalized spacial score (nSPS) is 10.6. The largest absolute Gasteiger partial charge is 0.463 e. The number of ether oxygens (including phenoxy) is 1. The topological polar surface area (TPSA) is 53.2 Å². The van der Waals surface area contributed by atoms with Crippen molar-refractivity contribution in [1.29, 1.82) is 0 Å². The summed E-state index contributed by atoms with van der Waals surface area (Å²) in [7, 11) is 0. The van der Waals surface area contributed by atoms with Crippen LogP contribution in [0.2, 0.25) is 0 Å². The number of nitrogens with zero attached hydrogens (tertiary/aromatic N) is 2. The lowest BCUT2D eigenvalue weighted by Crippen LogP contribution is -2.27. The molecule has 0 saturated carbocycles. The van der Waals surface area contributed by atoms with Gasteiger partial charge in [0.15, 0.2) is 0 Å². The fraction of sp³-hybridized carbons (Fsp3) is 0.500. The first-order valence-corrected chi connectivity index (χ1v) is 5.59. The zero-order valence-electron chi connectivity index (χ0n) is 10.5. The van der Waals surface area contributed by atoms with E-state index in [1.807, 2.05) is 13.8 Å². The van der Waals surface area contributed by atoms with Crippen LogP contribution < -0.4 is 5.69 Å². The van der Waals surface area contributed by atoms with Gasteiger partial charge in [0, 0.05) is 24.0 Å². The molecule has 0 N–H and O–H groups in total. The molecule has 1 heterocycles. The van der Waals surface area contributed by atoms with Gasteiger partial charge in [0.1, 0.15) is 0 Å². The summed E-state index contributed by atoms with van der Waals surface area (Å²) < 4.78 is 7.85. The molecule has 94 valence electrons. The van der Waals surface area contributed by atoms with Crippen LogP contribution >= 0.6 is 0 Å². The molecule has 0 bridgehead atoms. The average molecular weight is 238 g/mol. The van der Waals surface area contributed by atoms with Crippen LogP contribution in [0.3, 0.4) is 0 Å². The molecule has 0 aliphatic heterocycles. The number of carbonyl (C=O) groups excluding carboxylic acids is 1. The highest BCUT2D eigenvalue weighted by Gasteiger charge is 2.11. The number of aromatic nitrogens is 2. The van der Waals surface area contributed by atoms with E-state index in [0.29, 0.717) is 6.61 Å². The number of imidazole rings is 1. The maximum Gasteiger partial charge on any atom is 0.335 e. The molecular weight excluding hydrogens is 220 g/mol. The Balaban J connectivity index is 2.80. The van der Waals surface area contributed by atoms with Crippen LogP contribution in [0.1, 0.15) is 26.8 Å². The van der Waals surface area contributed by atoms with Gasteiger partial charge in [0.2, 0.25) is 0 Å². The zero-order valence-corrected chi connectivity index (χ0v) is 10.5. The quantitative estimate of drug-likeness (QED) is 0.574. The van der Waals surface area contributed by atoms with Gasteiger partial charge in [0.25, 0.3) is 0 Å². The molecule has 0 fully saturated rings. The van der Waals surface area contributed by atoms with Gasteiger partial charge in [-0.2, -0.15) is 0 Å². The van der Waals surface area contributed by atoms with Crippen LogP contribution in [0.5, 0.6) is 0 Å². The molecular formula is C12H18N2O3. The van der Waals surface area contributed by atoms with E-state index in [4.69, 9.17) is 4.74 Å². The summed E-state index contributed by atoms with van der Waals surface area (Å²) in [6.07, 6.45) is 3.35. The first kappa shape index (κ1) is 13.3. The minimum Gasteiger partial charge on any atom is -0.463 e. The van der Waals surface area contributed by atoms with Crippen molar-refractivity contribution in [2.45, 2.75) is 33.4 Å². The molecule has 0 atom stereocenters. The third-order valence-electron chi connectivity index (χ3n) is 2.36. The van der Waals surface area contributed by atoms with Crippen molar-refractivity contribution >= 4 is 5.97 Å². The van der Waals surface area contributed by atoms with E-state index < -0.39 is 5.97 Å². The lowest BCUT2D eigenvalue weighted by Gasteiger charge is -2.06. The second-order valence-electron chi connectivity index (χ2n) is 4.03. The molecule has 1 aromatic rings. The minimum atomic E-state index is -0.461. The highest BCUT2D eigenvalue weighted by Crippen LogP contribution is 2.02. The lowest BCUT2D eigenvalue weighted by molar-refractivity contribution is -0.138. The lowest BCUT2D eigenvalue weighted by atomic mass is 10.3. The Hall–Kier alpha value is -1.78.